The molecule has 0 atom stereocenters. The van der Waals surface area contributed by atoms with Gasteiger partial charge in [0.15, 0.2) is 5.71 Å². The van der Waals surface area contributed by atoms with E-state index in [1.54, 1.807) is 0 Å². The predicted molar refractivity (Wildman–Crippen MR) is 92.5 cm³/mol. The molecule has 0 unspecified atom stereocenters. The molecule has 0 aromatic heterocycles. The maximum Gasteiger partial charge on any atom is 0.437 e. The molecule has 3 nitrogen and oxygen atoms in total. The van der Waals surface area contributed by atoms with E-state index in [4.69, 9.17) is 9.02 Å². The summed E-state index contributed by atoms with van der Waals surface area (Å²) < 4.78 is 49.9. The van der Waals surface area contributed by atoms with Crippen LogP contribution in [0, 0.1) is 0 Å². The van der Waals surface area contributed by atoms with Gasteiger partial charge < -0.3 is 9.02 Å². The number of nitrogens with zero attached hydrogens (tertiary/aromatic N) is 1. The number of halogens is 3. The molecule has 1 rings (SSSR count). The number of hydrogen-bond acceptors (Lipinski definition) is 4. The monoisotopic (exact) mass is 363 g/mol. The molecule has 0 saturated carbocycles. The van der Waals surface area contributed by atoms with Gasteiger partial charge in [-0.3, -0.25) is 0 Å². The van der Waals surface area contributed by atoms with Crippen molar-refractivity contribution in [2.24, 2.45) is 5.16 Å². The van der Waals surface area contributed by atoms with Crippen LogP contribution in [-0.4, -0.2) is 23.2 Å². The number of rotatable bonds is 9. The lowest BCUT2D eigenvalue weighted by molar-refractivity contribution is -0.0596. The molecule has 24 heavy (non-hydrogen) atoms. The van der Waals surface area contributed by atoms with Crippen molar-refractivity contribution in [1.82, 2.24) is 0 Å². The Morgan fingerprint density at radius 2 is 1.71 bits per heavy atom. The van der Waals surface area contributed by atoms with E-state index >= 15 is 0 Å². The Balaban J connectivity index is 2.89. The largest absolute Gasteiger partial charge is 0.488 e. The summed E-state index contributed by atoms with van der Waals surface area (Å²) in [4.78, 5) is 0. The second-order valence-electron chi connectivity index (χ2n) is 5.97. The van der Waals surface area contributed by atoms with Gasteiger partial charge in [0, 0.05) is 11.3 Å². The van der Waals surface area contributed by atoms with Crippen LogP contribution in [0.2, 0.25) is 0 Å². The first-order valence-corrected chi connectivity index (χ1v) is 8.84. The van der Waals surface area contributed by atoms with Gasteiger partial charge in [0.25, 0.3) is 0 Å². The smallest absolute Gasteiger partial charge is 0.437 e. The third kappa shape index (κ3) is 7.03. The van der Waals surface area contributed by atoms with E-state index in [0.29, 0.717) is 11.5 Å². The molecule has 0 spiro atoms. The number of hydrogen-bond donors (Lipinski definition) is 0. The first-order valence-electron chi connectivity index (χ1n) is 7.93. The van der Waals surface area contributed by atoms with Crippen LogP contribution in [0.3, 0.4) is 0 Å². The Labute approximate surface area is 145 Å². The average molecular weight is 363 g/mol. The number of benzene rings is 1. The molecular weight excluding hydrogens is 339 g/mol. The minimum absolute atomic E-state index is 0.0553. The van der Waals surface area contributed by atoms with Crippen molar-refractivity contribution in [3.63, 3.8) is 0 Å². The van der Waals surface area contributed by atoms with Crippen LogP contribution in [0.5, 0.6) is 5.75 Å². The van der Waals surface area contributed by atoms with Gasteiger partial charge in [-0.15, -0.1) is 0 Å². The summed E-state index contributed by atoms with van der Waals surface area (Å²) in [5.41, 5.74) is -1.47. The van der Waals surface area contributed by atoms with Gasteiger partial charge in [-0.2, -0.15) is 13.2 Å². The van der Waals surface area contributed by atoms with E-state index in [2.05, 4.69) is 12.1 Å². The van der Waals surface area contributed by atoms with Crippen LogP contribution >= 0.6 is 12.0 Å². The maximum absolute atomic E-state index is 13.1. The van der Waals surface area contributed by atoms with Gasteiger partial charge in [-0.1, -0.05) is 25.4 Å². The fourth-order valence-electron chi connectivity index (χ4n) is 2.11. The first kappa shape index (κ1) is 20.7. The zero-order valence-electron chi connectivity index (χ0n) is 14.4. The fourth-order valence-corrected chi connectivity index (χ4v) is 2.47. The van der Waals surface area contributed by atoms with Gasteiger partial charge >= 0.3 is 6.18 Å². The molecule has 0 aliphatic carbocycles. The summed E-state index contributed by atoms with van der Waals surface area (Å²) in [6.45, 7) is 7.86. The molecule has 0 fully saturated rings. The quantitative estimate of drug-likeness (QED) is 0.234. The van der Waals surface area contributed by atoms with E-state index in [9.17, 15) is 13.2 Å². The topological polar surface area (TPSA) is 30.8 Å². The lowest BCUT2D eigenvalue weighted by Gasteiger charge is -2.26. The van der Waals surface area contributed by atoms with Crippen molar-refractivity contribution >= 4 is 17.8 Å². The van der Waals surface area contributed by atoms with Gasteiger partial charge in [0.2, 0.25) is 0 Å². The van der Waals surface area contributed by atoms with Crippen molar-refractivity contribution in [3.8, 4) is 5.75 Å². The summed E-state index contributed by atoms with van der Waals surface area (Å²) in [6.07, 6.45) is -1.98. The van der Waals surface area contributed by atoms with Crippen LogP contribution in [0.4, 0.5) is 13.2 Å². The van der Waals surface area contributed by atoms with E-state index < -0.39 is 11.9 Å². The van der Waals surface area contributed by atoms with Crippen molar-refractivity contribution < 1.29 is 22.2 Å². The lowest BCUT2D eigenvalue weighted by atomic mass is 10.0. The fraction of sp³-hybridized carbons (Fsp3) is 0.588. The van der Waals surface area contributed by atoms with Crippen LogP contribution in [0.1, 0.15) is 52.5 Å². The standard InChI is InChI=1S/C17H24F3NO2S/c1-5-11-16(3,4)22-14-9-7-13(8-10-14)15(17(18,19)20)21-23-24-12-6-2/h7-10H,5-6,11-12H2,1-4H3/b21-15-. The van der Waals surface area contributed by atoms with Crippen LogP contribution in [0.25, 0.3) is 0 Å². The summed E-state index contributed by atoms with van der Waals surface area (Å²) in [5.74, 6) is 1.11. The number of alkyl halides is 3. The van der Waals surface area contributed by atoms with Crippen LogP contribution in [-0.2, 0) is 4.28 Å². The molecule has 1 aromatic rings. The summed E-state index contributed by atoms with van der Waals surface area (Å²) in [6, 6.07) is 5.73. The lowest BCUT2D eigenvalue weighted by Crippen LogP contribution is -2.28. The Morgan fingerprint density at radius 1 is 1.08 bits per heavy atom. The molecule has 0 bridgehead atoms. The summed E-state index contributed by atoms with van der Waals surface area (Å²) >= 11 is 0.897. The van der Waals surface area contributed by atoms with Gasteiger partial charge in [-0.05, 0) is 51.0 Å². The van der Waals surface area contributed by atoms with E-state index in [-0.39, 0.29) is 11.2 Å². The highest BCUT2D eigenvalue weighted by Gasteiger charge is 2.38. The highest BCUT2D eigenvalue weighted by molar-refractivity contribution is 7.94. The molecule has 0 heterocycles. The zero-order valence-corrected chi connectivity index (χ0v) is 15.3. The molecule has 1 aromatic carbocycles. The van der Waals surface area contributed by atoms with E-state index in [1.165, 1.54) is 24.3 Å². The maximum atomic E-state index is 13.1. The first-order chi connectivity index (χ1) is 11.2. The Kier molecular flexibility index (Phi) is 7.93. The molecule has 0 radical (unpaired) electrons. The van der Waals surface area contributed by atoms with Crippen molar-refractivity contribution in [3.05, 3.63) is 29.8 Å². The van der Waals surface area contributed by atoms with Gasteiger partial charge in [0.05, 0.1) is 12.0 Å². The molecule has 7 heteroatoms. The number of oxime groups is 1. The third-order valence-electron chi connectivity index (χ3n) is 3.11. The van der Waals surface area contributed by atoms with Gasteiger partial charge in [-0.25, -0.2) is 0 Å². The molecule has 0 saturated heterocycles. The third-order valence-corrected chi connectivity index (χ3v) is 3.87. The minimum Gasteiger partial charge on any atom is -0.488 e. The van der Waals surface area contributed by atoms with Crippen molar-refractivity contribution in [2.45, 2.75) is 58.7 Å². The molecule has 0 aliphatic heterocycles. The Hall–Kier alpha value is -1.37. The molecule has 136 valence electrons. The van der Waals surface area contributed by atoms with Crippen molar-refractivity contribution in [2.75, 3.05) is 5.75 Å². The van der Waals surface area contributed by atoms with Crippen molar-refractivity contribution in [1.29, 1.82) is 0 Å². The Bertz CT molecular complexity index is 528. The summed E-state index contributed by atoms with van der Waals surface area (Å²) in [5, 5.41) is 3.25. The molecule has 0 amide bonds. The molecule has 0 N–H and O–H groups in total. The van der Waals surface area contributed by atoms with E-state index in [1.807, 2.05) is 20.8 Å². The van der Waals surface area contributed by atoms with E-state index in [0.717, 1.165) is 31.3 Å². The average Bonchev–Trinajstić information content (AvgIpc) is 2.47. The highest BCUT2D eigenvalue weighted by Crippen LogP contribution is 2.27. The Morgan fingerprint density at radius 3 is 2.21 bits per heavy atom. The minimum atomic E-state index is -4.59. The summed E-state index contributed by atoms with van der Waals surface area (Å²) in [7, 11) is 0. The molecule has 0 aliphatic rings. The highest BCUT2D eigenvalue weighted by atomic mass is 32.2. The second-order valence-corrected chi connectivity index (χ2v) is 6.76. The van der Waals surface area contributed by atoms with Crippen LogP contribution in [0.15, 0.2) is 29.4 Å². The zero-order chi connectivity index (χ0) is 18.2. The van der Waals surface area contributed by atoms with Crippen LogP contribution < -0.4 is 4.74 Å². The SMILES string of the molecule is CCCSO/N=C(/c1ccc(OC(C)(C)CCC)cc1)C(F)(F)F. The predicted octanol–water partition coefficient (Wildman–Crippen LogP) is 5.99. The normalized spacial score (nSPS) is 13.0. The second kappa shape index (κ2) is 9.20. The number of ether oxygens (including phenoxy) is 1. The van der Waals surface area contributed by atoms with Gasteiger partial charge in [0.1, 0.15) is 11.4 Å². The molecular formula is C17H24F3NO2S.